The molecule has 17 heavy (non-hydrogen) atoms. The molecule has 0 radical (unpaired) electrons. The molecule has 3 nitrogen and oxygen atoms in total. The maximum absolute atomic E-state index is 4.59. The SMILES string of the molecule is CCN1CCCC1c1cnc(N(C)C)c(C)c1. The Morgan fingerprint density at radius 2 is 2.24 bits per heavy atom. The molecule has 0 amide bonds. The van der Waals surface area contributed by atoms with Gasteiger partial charge in [0.2, 0.25) is 0 Å². The van der Waals surface area contributed by atoms with Crippen LogP contribution in [-0.2, 0) is 0 Å². The third kappa shape index (κ3) is 2.44. The molecule has 2 rings (SSSR count). The number of nitrogens with zero attached hydrogens (tertiary/aromatic N) is 3. The summed E-state index contributed by atoms with van der Waals surface area (Å²) in [7, 11) is 4.09. The van der Waals surface area contributed by atoms with E-state index in [0.717, 1.165) is 12.4 Å². The predicted octanol–water partition coefficient (Wildman–Crippen LogP) is 2.61. The predicted molar refractivity (Wildman–Crippen MR) is 72.5 cm³/mol. The van der Waals surface area contributed by atoms with E-state index in [1.54, 1.807) is 0 Å². The summed E-state index contributed by atoms with van der Waals surface area (Å²) in [4.78, 5) is 9.21. The van der Waals surface area contributed by atoms with E-state index in [1.165, 1.54) is 30.5 Å². The van der Waals surface area contributed by atoms with Gasteiger partial charge in [0.15, 0.2) is 0 Å². The van der Waals surface area contributed by atoms with E-state index >= 15 is 0 Å². The summed E-state index contributed by atoms with van der Waals surface area (Å²) < 4.78 is 0. The average molecular weight is 233 g/mol. The van der Waals surface area contributed by atoms with Gasteiger partial charge in [0.1, 0.15) is 5.82 Å². The monoisotopic (exact) mass is 233 g/mol. The molecule has 1 aromatic heterocycles. The van der Waals surface area contributed by atoms with Crippen LogP contribution < -0.4 is 4.90 Å². The van der Waals surface area contributed by atoms with Crippen molar-refractivity contribution in [2.75, 3.05) is 32.1 Å². The quantitative estimate of drug-likeness (QED) is 0.800. The highest BCUT2D eigenvalue weighted by Gasteiger charge is 2.25. The molecule has 1 saturated heterocycles. The highest BCUT2D eigenvalue weighted by molar-refractivity contribution is 5.46. The Morgan fingerprint density at radius 3 is 2.82 bits per heavy atom. The Bertz CT molecular complexity index is 387. The highest BCUT2D eigenvalue weighted by atomic mass is 15.2. The van der Waals surface area contributed by atoms with Gasteiger partial charge in [-0.25, -0.2) is 4.98 Å². The molecule has 1 aliphatic rings. The number of likely N-dealkylation sites (tertiary alicyclic amines) is 1. The van der Waals surface area contributed by atoms with Crippen LogP contribution in [0, 0.1) is 6.92 Å². The molecule has 1 aliphatic heterocycles. The number of rotatable bonds is 3. The van der Waals surface area contributed by atoms with Gasteiger partial charge in [-0.2, -0.15) is 0 Å². The molecule has 0 spiro atoms. The first-order valence-electron chi connectivity index (χ1n) is 6.51. The molecule has 94 valence electrons. The molecular weight excluding hydrogens is 210 g/mol. The summed E-state index contributed by atoms with van der Waals surface area (Å²) in [5.41, 5.74) is 2.66. The van der Waals surface area contributed by atoms with Crippen LogP contribution in [0.25, 0.3) is 0 Å². The summed E-state index contributed by atoms with van der Waals surface area (Å²) in [5, 5.41) is 0. The fourth-order valence-electron chi connectivity index (χ4n) is 2.82. The highest BCUT2D eigenvalue weighted by Crippen LogP contribution is 2.32. The summed E-state index contributed by atoms with van der Waals surface area (Å²) in [6.07, 6.45) is 4.64. The van der Waals surface area contributed by atoms with Crippen LogP contribution >= 0.6 is 0 Å². The van der Waals surface area contributed by atoms with Crippen molar-refractivity contribution in [3.05, 3.63) is 23.4 Å². The second kappa shape index (κ2) is 5.05. The summed E-state index contributed by atoms with van der Waals surface area (Å²) in [6, 6.07) is 2.89. The summed E-state index contributed by atoms with van der Waals surface area (Å²) in [6.45, 7) is 6.76. The van der Waals surface area contributed by atoms with Crippen molar-refractivity contribution >= 4 is 5.82 Å². The Hall–Kier alpha value is -1.09. The number of anilines is 1. The van der Waals surface area contributed by atoms with Gasteiger partial charge in [-0.1, -0.05) is 6.92 Å². The maximum atomic E-state index is 4.59. The first kappa shape index (κ1) is 12.4. The first-order chi connectivity index (χ1) is 8.13. The molecule has 3 heteroatoms. The van der Waals surface area contributed by atoms with Gasteiger partial charge in [-0.15, -0.1) is 0 Å². The van der Waals surface area contributed by atoms with Crippen molar-refractivity contribution in [3.63, 3.8) is 0 Å². The molecule has 1 fully saturated rings. The van der Waals surface area contributed by atoms with Gasteiger partial charge in [-0.05, 0) is 50.0 Å². The normalized spacial score (nSPS) is 20.8. The van der Waals surface area contributed by atoms with E-state index in [1.807, 2.05) is 14.1 Å². The van der Waals surface area contributed by atoms with Gasteiger partial charge in [0, 0.05) is 26.3 Å². The van der Waals surface area contributed by atoms with Crippen molar-refractivity contribution in [3.8, 4) is 0 Å². The molecule has 0 saturated carbocycles. The third-order valence-electron chi connectivity index (χ3n) is 3.65. The minimum Gasteiger partial charge on any atom is -0.363 e. The van der Waals surface area contributed by atoms with E-state index in [4.69, 9.17) is 0 Å². The molecule has 1 atom stereocenters. The zero-order valence-electron chi connectivity index (χ0n) is 11.4. The molecular formula is C14H23N3. The zero-order valence-corrected chi connectivity index (χ0v) is 11.4. The Labute approximate surface area is 104 Å². The van der Waals surface area contributed by atoms with Crippen LogP contribution in [0.3, 0.4) is 0 Å². The number of aromatic nitrogens is 1. The number of aryl methyl sites for hydroxylation is 1. The van der Waals surface area contributed by atoms with Gasteiger partial charge < -0.3 is 4.90 Å². The Morgan fingerprint density at radius 1 is 1.47 bits per heavy atom. The molecule has 1 aromatic rings. The molecule has 0 aliphatic carbocycles. The van der Waals surface area contributed by atoms with E-state index in [0.29, 0.717) is 6.04 Å². The van der Waals surface area contributed by atoms with Crippen LogP contribution in [0.5, 0.6) is 0 Å². The van der Waals surface area contributed by atoms with E-state index in [9.17, 15) is 0 Å². The van der Waals surface area contributed by atoms with Gasteiger partial charge in [0.05, 0.1) is 0 Å². The van der Waals surface area contributed by atoms with Crippen LogP contribution in [0.1, 0.15) is 36.9 Å². The lowest BCUT2D eigenvalue weighted by Gasteiger charge is -2.24. The van der Waals surface area contributed by atoms with Crippen molar-refractivity contribution in [2.45, 2.75) is 32.7 Å². The van der Waals surface area contributed by atoms with Crippen LogP contribution in [-0.4, -0.2) is 37.1 Å². The topological polar surface area (TPSA) is 19.4 Å². The van der Waals surface area contributed by atoms with Gasteiger partial charge >= 0.3 is 0 Å². The van der Waals surface area contributed by atoms with Gasteiger partial charge in [-0.3, -0.25) is 4.90 Å². The molecule has 0 bridgehead atoms. The number of hydrogen-bond acceptors (Lipinski definition) is 3. The van der Waals surface area contributed by atoms with Gasteiger partial charge in [0.25, 0.3) is 0 Å². The molecule has 0 aromatic carbocycles. The second-order valence-electron chi connectivity index (χ2n) is 5.09. The van der Waals surface area contributed by atoms with Crippen molar-refractivity contribution in [1.29, 1.82) is 0 Å². The number of hydrogen-bond donors (Lipinski definition) is 0. The fourth-order valence-corrected chi connectivity index (χ4v) is 2.82. The van der Waals surface area contributed by atoms with E-state index in [-0.39, 0.29) is 0 Å². The number of pyridine rings is 1. The van der Waals surface area contributed by atoms with Crippen molar-refractivity contribution in [1.82, 2.24) is 9.88 Å². The molecule has 0 N–H and O–H groups in total. The van der Waals surface area contributed by atoms with Crippen LogP contribution in [0.15, 0.2) is 12.3 Å². The van der Waals surface area contributed by atoms with Crippen molar-refractivity contribution < 1.29 is 0 Å². The first-order valence-corrected chi connectivity index (χ1v) is 6.51. The van der Waals surface area contributed by atoms with E-state index < -0.39 is 0 Å². The Balaban J connectivity index is 2.25. The lowest BCUT2D eigenvalue weighted by molar-refractivity contribution is 0.271. The standard InChI is InChI=1S/C14H23N3/c1-5-17-8-6-7-13(17)12-9-11(2)14(15-10-12)16(3)4/h9-10,13H,5-8H2,1-4H3. The zero-order chi connectivity index (χ0) is 12.4. The summed E-state index contributed by atoms with van der Waals surface area (Å²) in [5.74, 6) is 1.08. The van der Waals surface area contributed by atoms with Crippen LogP contribution in [0.2, 0.25) is 0 Å². The lowest BCUT2D eigenvalue weighted by Crippen LogP contribution is -2.23. The smallest absolute Gasteiger partial charge is 0.130 e. The average Bonchev–Trinajstić information content (AvgIpc) is 2.76. The minimum atomic E-state index is 0.586. The van der Waals surface area contributed by atoms with E-state index in [2.05, 4.69) is 40.9 Å². The fraction of sp³-hybridized carbons (Fsp3) is 0.643. The third-order valence-corrected chi connectivity index (χ3v) is 3.65. The largest absolute Gasteiger partial charge is 0.363 e. The lowest BCUT2D eigenvalue weighted by atomic mass is 10.0. The van der Waals surface area contributed by atoms with Crippen LogP contribution in [0.4, 0.5) is 5.82 Å². The molecule has 1 unspecified atom stereocenters. The Kier molecular flexibility index (Phi) is 3.67. The second-order valence-corrected chi connectivity index (χ2v) is 5.09. The summed E-state index contributed by atoms with van der Waals surface area (Å²) >= 11 is 0. The minimum absolute atomic E-state index is 0.586. The van der Waals surface area contributed by atoms with Crippen molar-refractivity contribution in [2.24, 2.45) is 0 Å². The molecule has 2 heterocycles. The maximum Gasteiger partial charge on any atom is 0.130 e.